The van der Waals surface area contributed by atoms with Gasteiger partial charge in [-0.2, -0.15) is 61.5 Å². The summed E-state index contributed by atoms with van der Waals surface area (Å²) in [4.78, 5) is 10.5. The van der Waals surface area contributed by atoms with Crippen LogP contribution in [0, 0.1) is 17.8 Å². The molecule has 17 heteroatoms. The molecule has 4 rings (SSSR count). The van der Waals surface area contributed by atoms with Gasteiger partial charge in [-0.05, 0) is 54.4 Å². The van der Waals surface area contributed by atoms with E-state index in [2.05, 4.69) is 23.8 Å². The lowest BCUT2D eigenvalue weighted by Gasteiger charge is -2.43. The van der Waals surface area contributed by atoms with Crippen LogP contribution in [0.15, 0.2) is 72.8 Å². The molecule has 0 saturated heterocycles. The normalized spacial score (nSPS) is 21.5. The molecule has 1 fully saturated rings. The van der Waals surface area contributed by atoms with E-state index in [0.29, 0.717) is 30.3 Å². The highest BCUT2D eigenvalue weighted by Crippen LogP contribution is 2.63. The summed E-state index contributed by atoms with van der Waals surface area (Å²) < 4.78 is 197. The van der Waals surface area contributed by atoms with Gasteiger partial charge in [0.2, 0.25) is 0 Å². The molecule has 48 heavy (non-hydrogen) atoms. The molecule has 2 bridgehead atoms. The average Bonchev–Trinajstić information content (AvgIpc) is 3.64. The van der Waals surface area contributed by atoms with E-state index in [4.69, 9.17) is 5.11 Å². The Morgan fingerprint density at radius 2 is 1.25 bits per heavy atom. The van der Waals surface area contributed by atoms with Crippen molar-refractivity contribution < 1.29 is 76.1 Å². The Balaban J connectivity index is 0.000000588. The van der Waals surface area contributed by atoms with Crippen LogP contribution in [0.3, 0.4) is 0 Å². The second-order valence-electron chi connectivity index (χ2n) is 11.1. The van der Waals surface area contributed by atoms with Crippen molar-refractivity contribution in [2.45, 2.75) is 67.8 Å². The Bertz CT molecular complexity index is 1470. The van der Waals surface area contributed by atoms with Crippen LogP contribution in [-0.2, 0) is 10.6 Å². The van der Waals surface area contributed by atoms with Gasteiger partial charge in [-0.25, -0.2) is 4.79 Å². The summed E-state index contributed by atoms with van der Waals surface area (Å²) in [6.45, 7) is 2.32. The molecule has 0 radical (unpaired) electrons. The molecule has 0 spiro atoms. The lowest BCUT2D eigenvalue weighted by atomic mass is 9.87. The van der Waals surface area contributed by atoms with Crippen molar-refractivity contribution in [1.82, 2.24) is 0 Å². The maximum Gasteiger partial charge on any atom is 0.460 e. The molecule has 2 aliphatic rings. The number of allylic oxidation sites excluding steroid dienone is 2. The van der Waals surface area contributed by atoms with Crippen LogP contribution in [0.4, 0.5) is 61.5 Å². The first kappa shape index (κ1) is 38.7. The third-order valence-electron chi connectivity index (χ3n) is 7.98. The summed E-state index contributed by atoms with van der Waals surface area (Å²) in [7, 11) is 0. The number of alkyl halides is 14. The highest BCUT2D eigenvalue weighted by molar-refractivity contribution is 5.85. The predicted molar refractivity (Wildman–Crippen MR) is 143 cm³/mol. The second-order valence-corrected chi connectivity index (χ2v) is 11.1. The molecular weight excluding hydrogens is 686 g/mol. The smallest absolute Gasteiger partial charge is 0.460 e. The van der Waals surface area contributed by atoms with E-state index >= 15 is 4.39 Å². The van der Waals surface area contributed by atoms with E-state index in [9.17, 15) is 61.9 Å². The third kappa shape index (κ3) is 6.73. The zero-order valence-corrected chi connectivity index (χ0v) is 24.4. The Morgan fingerprint density at radius 3 is 1.67 bits per heavy atom. The minimum absolute atomic E-state index is 0.0495. The Hall–Kier alpha value is -3.79. The van der Waals surface area contributed by atoms with Crippen LogP contribution in [-0.4, -0.2) is 46.9 Å². The number of hydrogen-bond donors (Lipinski definition) is 1. The molecule has 0 aromatic heterocycles. The number of hydrogen-bond acceptors (Lipinski definition) is 2. The number of benzene rings is 2. The second kappa shape index (κ2) is 13.3. The fourth-order valence-electron chi connectivity index (χ4n) is 5.27. The molecule has 3 nitrogen and oxygen atoms in total. The molecular formula is C31H26F14O3. The first-order chi connectivity index (χ1) is 21.9. The van der Waals surface area contributed by atoms with Gasteiger partial charge in [0, 0.05) is 11.6 Å². The lowest BCUT2D eigenvalue weighted by molar-refractivity contribution is -0.456. The van der Waals surface area contributed by atoms with Gasteiger partial charge >= 0.3 is 47.6 Å². The van der Waals surface area contributed by atoms with E-state index in [0.717, 1.165) is 42.0 Å². The molecule has 266 valence electrons. The minimum atomic E-state index is -8.23. The molecule has 0 heterocycles. The fourth-order valence-corrected chi connectivity index (χ4v) is 5.27. The van der Waals surface area contributed by atoms with Crippen LogP contribution < -0.4 is 4.74 Å². The number of fused-ring (bicyclic) bond motifs is 2. The number of halogens is 14. The van der Waals surface area contributed by atoms with Crippen molar-refractivity contribution in [3.8, 4) is 5.75 Å². The van der Waals surface area contributed by atoms with Crippen LogP contribution >= 0.6 is 0 Å². The number of aliphatic carboxylic acids is 1. The zero-order valence-electron chi connectivity index (χ0n) is 24.4. The summed E-state index contributed by atoms with van der Waals surface area (Å²) in [5.74, 6) is -44.9. The SMILES string of the molecule is CCC1CC2C=CC1C2.O=C(O)C=Cc1ccc(OC(F)(c2ccccc2)C(F)(F)C(F)(F)C(F)(F)C(F)(F)C(F)(F)C(F)(F)F)cc1. The molecule has 1 saturated carbocycles. The quantitative estimate of drug-likeness (QED) is 0.143. The summed E-state index contributed by atoms with van der Waals surface area (Å²) in [5.41, 5.74) is -1.81. The molecule has 0 amide bonds. The van der Waals surface area contributed by atoms with E-state index in [1.165, 1.54) is 19.3 Å². The topological polar surface area (TPSA) is 46.5 Å². The van der Waals surface area contributed by atoms with Crippen LogP contribution in [0.2, 0.25) is 0 Å². The number of carboxylic acids is 1. The monoisotopic (exact) mass is 712 g/mol. The van der Waals surface area contributed by atoms with Crippen molar-refractivity contribution in [2.75, 3.05) is 0 Å². The molecule has 2 aromatic carbocycles. The number of ether oxygens (including phenoxy) is 1. The standard InChI is InChI=1S/C22H12F14O3.C9H14/c23-16(13-4-2-1-3-5-13,39-14-9-6-12(7-10-14)8-11-15(37)38)17(24,25)18(26,27)19(28,29)20(30,31)21(32,33)22(34,35)36;1-2-8-5-7-3-4-9(8)6-7/h1-11H,(H,37,38);3-4,7-9H,2,5-6H2,1H3. The first-order valence-corrected chi connectivity index (χ1v) is 14.0. The van der Waals surface area contributed by atoms with Gasteiger partial charge in [0.25, 0.3) is 0 Å². The van der Waals surface area contributed by atoms with Crippen molar-refractivity contribution in [1.29, 1.82) is 0 Å². The van der Waals surface area contributed by atoms with Crippen molar-refractivity contribution >= 4 is 12.0 Å². The highest BCUT2D eigenvalue weighted by atomic mass is 19.4. The lowest BCUT2D eigenvalue weighted by Crippen LogP contribution is -2.73. The summed E-state index contributed by atoms with van der Waals surface area (Å²) in [6.07, 6.45) is 3.02. The third-order valence-corrected chi connectivity index (χ3v) is 7.98. The van der Waals surface area contributed by atoms with E-state index < -0.39 is 58.9 Å². The van der Waals surface area contributed by atoms with Gasteiger partial charge < -0.3 is 9.84 Å². The summed E-state index contributed by atoms with van der Waals surface area (Å²) in [6, 6.07) is 5.35. The Kier molecular flexibility index (Phi) is 10.7. The first-order valence-electron chi connectivity index (χ1n) is 14.0. The number of carboxylic acid groups (broad SMARTS) is 1. The zero-order chi connectivity index (χ0) is 36.6. The van der Waals surface area contributed by atoms with E-state index in [1.807, 2.05) is 0 Å². The molecule has 4 atom stereocenters. The largest absolute Gasteiger partial charge is 0.478 e. The van der Waals surface area contributed by atoms with Crippen molar-refractivity contribution in [2.24, 2.45) is 17.8 Å². The van der Waals surface area contributed by atoms with Crippen LogP contribution in [0.5, 0.6) is 5.75 Å². The van der Waals surface area contributed by atoms with Crippen molar-refractivity contribution in [3.63, 3.8) is 0 Å². The van der Waals surface area contributed by atoms with Crippen LogP contribution in [0.25, 0.3) is 6.08 Å². The van der Waals surface area contributed by atoms with Gasteiger partial charge in [0.15, 0.2) is 0 Å². The van der Waals surface area contributed by atoms with E-state index in [1.54, 1.807) is 0 Å². The summed E-state index contributed by atoms with van der Waals surface area (Å²) >= 11 is 0. The van der Waals surface area contributed by atoms with Gasteiger partial charge in [0.1, 0.15) is 5.75 Å². The highest BCUT2D eigenvalue weighted by Gasteiger charge is 2.93. The van der Waals surface area contributed by atoms with Gasteiger partial charge in [-0.1, -0.05) is 68.0 Å². The fraction of sp³-hybridized carbons (Fsp3) is 0.452. The van der Waals surface area contributed by atoms with Gasteiger partial charge in [-0.15, -0.1) is 0 Å². The van der Waals surface area contributed by atoms with Gasteiger partial charge in [-0.3, -0.25) is 0 Å². The predicted octanol–water partition coefficient (Wildman–Crippen LogP) is 10.3. The number of carbonyl (C=O) groups is 1. The molecule has 2 aromatic rings. The van der Waals surface area contributed by atoms with Gasteiger partial charge in [0.05, 0.1) is 0 Å². The molecule has 0 aliphatic heterocycles. The minimum Gasteiger partial charge on any atom is -0.478 e. The maximum absolute atomic E-state index is 15.8. The van der Waals surface area contributed by atoms with E-state index in [-0.39, 0.29) is 17.7 Å². The Labute approximate surface area is 263 Å². The Morgan fingerprint density at radius 1 is 0.729 bits per heavy atom. The molecule has 4 unspecified atom stereocenters. The van der Waals surface area contributed by atoms with Crippen molar-refractivity contribution in [3.05, 3.63) is 84.0 Å². The maximum atomic E-state index is 15.8. The number of rotatable bonds is 11. The summed E-state index contributed by atoms with van der Waals surface area (Å²) in [5, 5.41) is 8.55. The molecule has 2 aliphatic carbocycles. The van der Waals surface area contributed by atoms with Crippen LogP contribution in [0.1, 0.15) is 37.3 Å². The average molecular weight is 713 g/mol. The molecule has 1 N–H and O–H groups in total.